The summed E-state index contributed by atoms with van der Waals surface area (Å²) in [6.45, 7) is 1.68. The van der Waals surface area contributed by atoms with Gasteiger partial charge in [0.1, 0.15) is 5.78 Å². The summed E-state index contributed by atoms with van der Waals surface area (Å²) < 4.78 is 34.8. The van der Waals surface area contributed by atoms with Crippen molar-refractivity contribution >= 4 is 16.2 Å². The van der Waals surface area contributed by atoms with E-state index >= 15 is 0 Å². The van der Waals surface area contributed by atoms with Crippen molar-refractivity contribution in [3.05, 3.63) is 0 Å². The predicted octanol–water partition coefficient (Wildman–Crippen LogP) is 1.91. The maximum Gasteiger partial charge on any atom is 1.00 e. The number of ketones is 1. The third-order valence-electron chi connectivity index (χ3n) is 4.15. The van der Waals surface area contributed by atoms with Crippen molar-refractivity contribution in [3.63, 3.8) is 0 Å². The van der Waals surface area contributed by atoms with Gasteiger partial charge in [0.25, 0.3) is 0 Å². The van der Waals surface area contributed by atoms with Gasteiger partial charge in [-0.05, 0) is 19.8 Å². The van der Waals surface area contributed by atoms with Crippen molar-refractivity contribution in [3.8, 4) is 0 Å². The number of Topliss-reactive ketones (excluding diaryl/α,β-unsaturated/α-hetero) is 1. The number of carbonyl (C=O) groups excluding carboxylic acids is 1. The number of unbranched alkanes of at least 4 members (excludes halogenated alkanes) is 13. The van der Waals surface area contributed by atoms with Crippen molar-refractivity contribution in [1.29, 1.82) is 0 Å². The summed E-state index contributed by atoms with van der Waals surface area (Å²) in [5, 5.41) is 0. The topological polar surface area (TPSA) is 83.5 Å². The molecule has 0 rings (SSSR count). The van der Waals surface area contributed by atoms with E-state index in [4.69, 9.17) is 0 Å². The van der Waals surface area contributed by atoms with Crippen LogP contribution in [0.15, 0.2) is 0 Å². The SMILES string of the molecule is CC(=O)CCCCCCCCCCCCCCCCOS(=O)(=O)[O-].[Na+]. The van der Waals surface area contributed by atoms with Crippen LogP contribution < -0.4 is 29.6 Å². The van der Waals surface area contributed by atoms with E-state index in [9.17, 15) is 17.8 Å². The Morgan fingerprint density at radius 1 is 0.720 bits per heavy atom. The number of rotatable bonds is 18. The molecule has 0 unspecified atom stereocenters. The second-order valence-corrected chi connectivity index (χ2v) is 7.68. The van der Waals surface area contributed by atoms with E-state index in [2.05, 4.69) is 4.18 Å². The molecule has 0 heterocycles. The Bertz CT molecular complexity index is 398. The molecule has 0 saturated carbocycles. The molecule has 0 aliphatic heterocycles. The predicted molar refractivity (Wildman–Crippen MR) is 95.6 cm³/mol. The smallest absolute Gasteiger partial charge is 0.726 e. The van der Waals surface area contributed by atoms with Crippen molar-refractivity contribution in [2.45, 2.75) is 103 Å². The van der Waals surface area contributed by atoms with Crippen LogP contribution in [0.2, 0.25) is 0 Å². The van der Waals surface area contributed by atoms with Crippen LogP contribution in [-0.2, 0) is 19.4 Å². The number of hydrogen-bond acceptors (Lipinski definition) is 5. The average Bonchev–Trinajstić information content (AvgIpc) is 2.49. The van der Waals surface area contributed by atoms with Crippen LogP contribution in [0.3, 0.4) is 0 Å². The summed E-state index contributed by atoms with van der Waals surface area (Å²) in [5.41, 5.74) is 0. The van der Waals surface area contributed by atoms with Gasteiger partial charge < -0.3 is 9.35 Å². The van der Waals surface area contributed by atoms with Crippen molar-refractivity contribution in [2.24, 2.45) is 0 Å². The summed E-state index contributed by atoms with van der Waals surface area (Å²) in [6.07, 6.45) is 17.0. The van der Waals surface area contributed by atoms with E-state index in [1.807, 2.05) is 0 Å². The van der Waals surface area contributed by atoms with Crippen molar-refractivity contribution in [1.82, 2.24) is 0 Å². The quantitative estimate of drug-likeness (QED) is 0.155. The first-order valence-corrected chi connectivity index (χ1v) is 10.8. The van der Waals surface area contributed by atoms with Crippen LogP contribution in [0.1, 0.15) is 103 Å². The first kappa shape index (κ1) is 27.8. The molecule has 0 spiro atoms. The Morgan fingerprint density at radius 3 is 1.36 bits per heavy atom. The monoisotopic (exact) mass is 386 g/mol. The van der Waals surface area contributed by atoms with Gasteiger partial charge in [0.05, 0.1) is 6.61 Å². The molecule has 0 atom stereocenters. The second-order valence-electron chi connectivity index (χ2n) is 6.63. The first-order chi connectivity index (χ1) is 11.4. The zero-order chi connectivity index (χ0) is 18.1. The molecule has 25 heavy (non-hydrogen) atoms. The van der Waals surface area contributed by atoms with E-state index in [0.717, 1.165) is 25.7 Å². The summed E-state index contributed by atoms with van der Waals surface area (Å²) in [4.78, 5) is 10.8. The molecule has 144 valence electrons. The largest absolute Gasteiger partial charge is 1.00 e. The van der Waals surface area contributed by atoms with E-state index in [-0.39, 0.29) is 36.2 Å². The third kappa shape index (κ3) is 26.9. The van der Waals surface area contributed by atoms with Gasteiger partial charge in [0, 0.05) is 6.42 Å². The van der Waals surface area contributed by atoms with Gasteiger partial charge in [-0.2, -0.15) is 0 Å². The van der Waals surface area contributed by atoms with Crippen molar-refractivity contribution < 1.29 is 51.5 Å². The zero-order valence-corrected chi connectivity index (χ0v) is 19.1. The standard InChI is InChI=1S/C18H36O5S.Na/c1-18(19)16-14-12-10-8-6-4-2-3-5-7-9-11-13-15-17-23-24(20,21)22;/h2-17H2,1H3,(H,20,21,22);/q;+1/p-1. The summed E-state index contributed by atoms with van der Waals surface area (Å²) in [5.74, 6) is 0.304. The molecule has 0 aromatic carbocycles. The van der Waals surface area contributed by atoms with Gasteiger partial charge in [-0.25, -0.2) is 8.42 Å². The van der Waals surface area contributed by atoms with Gasteiger partial charge in [0.15, 0.2) is 0 Å². The Balaban J connectivity index is 0. The van der Waals surface area contributed by atoms with Crippen LogP contribution in [0.25, 0.3) is 0 Å². The molecular formula is C18H35NaO5S. The molecule has 0 amide bonds. The van der Waals surface area contributed by atoms with Crippen LogP contribution in [0.4, 0.5) is 0 Å². The minimum Gasteiger partial charge on any atom is -0.726 e. The van der Waals surface area contributed by atoms with E-state index in [1.165, 1.54) is 64.2 Å². The molecule has 0 radical (unpaired) electrons. The Hall–Kier alpha value is 0.540. The minimum atomic E-state index is -4.51. The first-order valence-electron chi connectivity index (χ1n) is 9.51. The van der Waals surface area contributed by atoms with Gasteiger partial charge in [-0.1, -0.05) is 77.0 Å². The van der Waals surface area contributed by atoms with Crippen molar-refractivity contribution in [2.75, 3.05) is 6.61 Å². The van der Waals surface area contributed by atoms with Gasteiger partial charge in [-0.15, -0.1) is 0 Å². The zero-order valence-electron chi connectivity index (χ0n) is 16.3. The Kier molecular flexibility index (Phi) is 21.4. The van der Waals surface area contributed by atoms with Crippen LogP contribution in [-0.4, -0.2) is 25.4 Å². The molecular weight excluding hydrogens is 351 g/mol. The molecule has 0 saturated heterocycles. The fourth-order valence-corrected chi connectivity index (χ4v) is 3.08. The summed E-state index contributed by atoms with van der Waals surface area (Å²) >= 11 is 0. The maximum atomic E-state index is 10.8. The molecule has 5 nitrogen and oxygen atoms in total. The average molecular weight is 387 g/mol. The molecule has 0 fully saturated rings. The number of hydrogen-bond donors (Lipinski definition) is 0. The van der Waals surface area contributed by atoms with Crippen LogP contribution in [0.5, 0.6) is 0 Å². The van der Waals surface area contributed by atoms with Gasteiger partial charge in [0.2, 0.25) is 10.4 Å². The molecule has 0 bridgehead atoms. The molecule has 0 aliphatic carbocycles. The molecule has 7 heteroatoms. The summed E-state index contributed by atoms with van der Waals surface area (Å²) in [6, 6.07) is 0. The second kappa shape index (κ2) is 19.3. The summed E-state index contributed by atoms with van der Waals surface area (Å²) in [7, 11) is -4.51. The molecule has 0 aliphatic rings. The normalized spacial score (nSPS) is 11.3. The maximum absolute atomic E-state index is 10.8. The molecule has 0 N–H and O–H groups in total. The van der Waals surface area contributed by atoms with Gasteiger partial charge in [-0.3, -0.25) is 4.18 Å². The fourth-order valence-electron chi connectivity index (χ4n) is 2.76. The van der Waals surface area contributed by atoms with E-state index in [1.54, 1.807) is 6.92 Å². The minimum absolute atomic E-state index is 0. The number of carbonyl (C=O) groups is 1. The van der Waals surface area contributed by atoms with Crippen LogP contribution >= 0.6 is 0 Å². The molecule has 0 aromatic heterocycles. The fraction of sp³-hybridized carbons (Fsp3) is 0.944. The molecule has 0 aromatic rings. The van der Waals surface area contributed by atoms with E-state index in [0.29, 0.717) is 12.2 Å². The van der Waals surface area contributed by atoms with Crippen LogP contribution in [0, 0.1) is 0 Å². The van der Waals surface area contributed by atoms with Gasteiger partial charge >= 0.3 is 29.6 Å². The Morgan fingerprint density at radius 2 is 1.04 bits per heavy atom. The Labute approximate surface area is 176 Å². The van der Waals surface area contributed by atoms with E-state index < -0.39 is 10.4 Å². The third-order valence-corrected chi connectivity index (χ3v) is 4.61.